The Morgan fingerprint density at radius 1 is 1.53 bits per heavy atom. The summed E-state index contributed by atoms with van der Waals surface area (Å²) < 4.78 is 2.08. The first-order valence-electron chi connectivity index (χ1n) is 5.31. The van der Waals surface area contributed by atoms with Gasteiger partial charge in [-0.3, -0.25) is 0 Å². The summed E-state index contributed by atoms with van der Waals surface area (Å²) in [6.07, 6.45) is 6.26. The second kappa shape index (κ2) is 3.24. The van der Waals surface area contributed by atoms with Crippen LogP contribution in [0.2, 0.25) is 0 Å². The molecule has 0 amide bonds. The van der Waals surface area contributed by atoms with E-state index in [2.05, 4.69) is 14.7 Å². The molecule has 3 N–H and O–H groups in total. The van der Waals surface area contributed by atoms with E-state index in [1.807, 2.05) is 24.5 Å². The van der Waals surface area contributed by atoms with E-state index in [9.17, 15) is 0 Å². The van der Waals surface area contributed by atoms with Crippen molar-refractivity contribution in [2.24, 2.45) is 0 Å². The van der Waals surface area contributed by atoms with Crippen LogP contribution in [0.15, 0.2) is 24.5 Å². The summed E-state index contributed by atoms with van der Waals surface area (Å²) in [6, 6.07) is 4.25. The Bertz CT molecular complexity index is 482. The average Bonchev–Trinajstić information content (AvgIpc) is 2.85. The minimum Gasteiger partial charge on any atom is -0.397 e. The summed E-state index contributed by atoms with van der Waals surface area (Å²) in [7, 11) is 0. The minimum absolute atomic E-state index is 0.384. The molecule has 0 bridgehead atoms. The zero-order valence-corrected chi connectivity index (χ0v) is 8.48. The zero-order chi connectivity index (χ0) is 10.3. The van der Waals surface area contributed by atoms with Gasteiger partial charge in [0.05, 0.1) is 23.4 Å². The first kappa shape index (κ1) is 8.73. The maximum Gasteiger partial charge on any atom is 0.130 e. The van der Waals surface area contributed by atoms with E-state index >= 15 is 0 Å². The Labute approximate surface area is 88.1 Å². The first-order chi connectivity index (χ1) is 7.36. The lowest BCUT2D eigenvalue weighted by atomic mass is 10.2. The standard InChI is InChI=1S/C11H14N4/c12-8-3-2-6-15-10(8)7-14-11(15)9-4-1-5-13-9/h2-3,6-7,9,13H,1,4-5,12H2. The maximum atomic E-state index is 5.89. The number of pyridine rings is 1. The molecule has 15 heavy (non-hydrogen) atoms. The summed E-state index contributed by atoms with van der Waals surface area (Å²) in [6.45, 7) is 1.09. The van der Waals surface area contributed by atoms with Gasteiger partial charge in [-0.2, -0.15) is 0 Å². The number of rotatable bonds is 1. The topological polar surface area (TPSA) is 55.4 Å². The molecule has 0 aromatic carbocycles. The van der Waals surface area contributed by atoms with E-state index < -0.39 is 0 Å². The summed E-state index contributed by atoms with van der Waals surface area (Å²) in [5.41, 5.74) is 7.67. The van der Waals surface area contributed by atoms with Crippen LogP contribution >= 0.6 is 0 Å². The van der Waals surface area contributed by atoms with Gasteiger partial charge in [-0.15, -0.1) is 0 Å². The lowest BCUT2D eigenvalue weighted by Gasteiger charge is -2.09. The van der Waals surface area contributed by atoms with E-state index in [1.54, 1.807) is 0 Å². The van der Waals surface area contributed by atoms with Gasteiger partial charge < -0.3 is 15.5 Å². The Morgan fingerprint density at radius 3 is 3.27 bits per heavy atom. The summed E-state index contributed by atoms with van der Waals surface area (Å²) >= 11 is 0. The summed E-state index contributed by atoms with van der Waals surface area (Å²) in [4.78, 5) is 4.46. The van der Waals surface area contributed by atoms with Crippen LogP contribution < -0.4 is 11.1 Å². The highest BCUT2D eigenvalue weighted by atomic mass is 15.1. The lowest BCUT2D eigenvalue weighted by Crippen LogP contribution is -2.15. The normalized spacial score (nSPS) is 21.2. The first-order valence-corrected chi connectivity index (χ1v) is 5.31. The molecule has 4 nitrogen and oxygen atoms in total. The van der Waals surface area contributed by atoms with E-state index in [4.69, 9.17) is 5.73 Å². The van der Waals surface area contributed by atoms with Crippen molar-refractivity contribution in [1.29, 1.82) is 0 Å². The number of nitrogens with one attached hydrogen (secondary N) is 1. The van der Waals surface area contributed by atoms with Gasteiger partial charge in [0.15, 0.2) is 0 Å². The van der Waals surface area contributed by atoms with Gasteiger partial charge in [0, 0.05) is 6.20 Å². The van der Waals surface area contributed by atoms with Crippen molar-refractivity contribution in [3.05, 3.63) is 30.4 Å². The Hall–Kier alpha value is -1.55. The van der Waals surface area contributed by atoms with Gasteiger partial charge in [-0.1, -0.05) is 0 Å². The molecule has 78 valence electrons. The Morgan fingerprint density at radius 2 is 2.47 bits per heavy atom. The molecule has 0 saturated carbocycles. The van der Waals surface area contributed by atoms with Crippen molar-refractivity contribution in [1.82, 2.24) is 14.7 Å². The molecule has 2 aromatic heterocycles. The van der Waals surface area contributed by atoms with Crippen molar-refractivity contribution in [3.8, 4) is 0 Å². The van der Waals surface area contributed by atoms with Crippen LogP contribution in [0.3, 0.4) is 0 Å². The second-order valence-corrected chi connectivity index (χ2v) is 3.98. The summed E-state index contributed by atoms with van der Waals surface area (Å²) in [5, 5.41) is 3.45. The molecule has 1 saturated heterocycles. The summed E-state index contributed by atoms with van der Waals surface area (Å²) in [5.74, 6) is 1.08. The maximum absolute atomic E-state index is 5.89. The fourth-order valence-electron chi connectivity index (χ4n) is 2.23. The Kier molecular flexibility index (Phi) is 1.89. The third-order valence-corrected chi connectivity index (χ3v) is 3.00. The van der Waals surface area contributed by atoms with Crippen LogP contribution in [0.4, 0.5) is 5.69 Å². The van der Waals surface area contributed by atoms with Gasteiger partial charge in [-0.25, -0.2) is 4.98 Å². The highest BCUT2D eigenvalue weighted by molar-refractivity contribution is 5.68. The third-order valence-electron chi connectivity index (χ3n) is 3.00. The number of fused-ring (bicyclic) bond motifs is 1. The van der Waals surface area contributed by atoms with Crippen LogP contribution in [0, 0.1) is 0 Å². The van der Waals surface area contributed by atoms with Crippen molar-refractivity contribution >= 4 is 11.2 Å². The van der Waals surface area contributed by atoms with E-state index in [0.717, 1.165) is 30.0 Å². The number of nitrogens with zero attached hydrogens (tertiary/aromatic N) is 2. The molecule has 0 spiro atoms. The van der Waals surface area contributed by atoms with Crippen LogP contribution in [0.1, 0.15) is 24.7 Å². The highest BCUT2D eigenvalue weighted by Crippen LogP contribution is 2.24. The van der Waals surface area contributed by atoms with Gasteiger partial charge in [0.2, 0.25) is 0 Å². The lowest BCUT2D eigenvalue weighted by molar-refractivity contribution is 0.603. The minimum atomic E-state index is 0.384. The van der Waals surface area contributed by atoms with Crippen LogP contribution in [-0.4, -0.2) is 15.9 Å². The number of aromatic nitrogens is 2. The van der Waals surface area contributed by atoms with Crippen molar-refractivity contribution < 1.29 is 0 Å². The molecular formula is C11H14N4. The SMILES string of the molecule is Nc1cccn2c(C3CCCN3)ncc12. The fourth-order valence-corrected chi connectivity index (χ4v) is 2.23. The fraction of sp³-hybridized carbons (Fsp3) is 0.364. The molecule has 0 radical (unpaired) electrons. The predicted molar refractivity (Wildman–Crippen MR) is 59.6 cm³/mol. The number of imidazole rings is 1. The second-order valence-electron chi connectivity index (χ2n) is 3.98. The number of hydrogen-bond acceptors (Lipinski definition) is 3. The van der Waals surface area contributed by atoms with E-state index in [-0.39, 0.29) is 0 Å². The van der Waals surface area contributed by atoms with E-state index in [0.29, 0.717) is 6.04 Å². The molecule has 2 aromatic rings. The average molecular weight is 202 g/mol. The number of nitrogen functional groups attached to an aromatic ring is 1. The molecular weight excluding hydrogens is 188 g/mol. The van der Waals surface area contributed by atoms with E-state index in [1.165, 1.54) is 6.42 Å². The number of nitrogens with two attached hydrogens (primary N) is 1. The van der Waals surface area contributed by atoms with Gasteiger partial charge >= 0.3 is 0 Å². The van der Waals surface area contributed by atoms with Crippen LogP contribution in [0.25, 0.3) is 5.52 Å². The number of anilines is 1. The smallest absolute Gasteiger partial charge is 0.130 e. The number of hydrogen-bond donors (Lipinski definition) is 2. The molecule has 0 aliphatic carbocycles. The van der Waals surface area contributed by atoms with Crippen molar-refractivity contribution in [3.63, 3.8) is 0 Å². The Balaban J connectivity index is 2.15. The molecule has 4 heteroatoms. The van der Waals surface area contributed by atoms with Gasteiger partial charge in [-0.05, 0) is 31.5 Å². The molecule has 1 aliphatic heterocycles. The quantitative estimate of drug-likeness (QED) is 0.733. The molecule has 1 fully saturated rings. The molecule has 3 rings (SSSR count). The predicted octanol–water partition coefficient (Wildman–Crippen LogP) is 1.34. The van der Waals surface area contributed by atoms with Crippen molar-refractivity contribution in [2.75, 3.05) is 12.3 Å². The van der Waals surface area contributed by atoms with Gasteiger partial charge in [0.1, 0.15) is 5.82 Å². The molecule has 1 aliphatic rings. The molecule has 1 unspecified atom stereocenters. The molecule has 3 heterocycles. The molecule has 1 atom stereocenters. The highest BCUT2D eigenvalue weighted by Gasteiger charge is 2.20. The van der Waals surface area contributed by atoms with Gasteiger partial charge in [0.25, 0.3) is 0 Å². The third kappa shape index (κ3) is 1.29. The van der Waals surface area contributed by atoms with Crippen LogP contribution in [0.5, 0.6) is 0 Å². The largest absolute Gasteiger partial charge is 0.397 e. The zero-order valence-electron chi connectivity index (χ0n) is 8.48. The van der Waals surface area contributed by atoms with Crippen molar-refractivity contribution in [2.45, 2.75) is 18.9 Å². The van der Waals surface area contributed by atoms with Crippen LogP contribution in [-0.2, 0) is 0 Å². The monoisotopic (exact) mass is 202 g/mol.